The van der Waals surface area contributed by atoms with Gasteiger partial charge in [-0.1, -0.05) is 79.5 Å². The summed E-state index contributed by atoms with van der Waals surface area (Å²) in [5, 5.41) is 3.50. The highest BCUT2D eigenvalue weighted by atomic mass is 35.5. The van der Waals surface area contributed by atoms with E-state index in [1.807, 2.05) is 44.2 Å². The molecule has 3 aromatic carbocycles. The van der Waals surface area contributed by atoms with Gasteiger partial charge in [-0.15, -0.1) is 0 Å². The summed E-state index contributed by atoms with van der Waals surface area (Å²) in [5.74, 6) is -0.468. The van der Waals surface area contributed by atoms with Crippen LogP contribution in [0.2, 0.25) is 10.0 Å². The normalized spacial score (nSPS) is 12.1. The predicted molar refractivity (Wildman–Crippen MR) is 135 cm³/mol. The number of carbonyl (C=O) groups excluding carboxylic acids is 1. The van der Waals surface area contributed by atoms with Crippen molar-refractivity contribution in [3.8, 4) is 11.5 Å². The van der Waals surface area contributed by atoms with E-state index in [9.17, 15) is 9.36 Å². The van der Waals surface area contributed by atoms with E-state index in [1.165, 1.54) is 12.1 Å². The van der Waals surface area contributed by atoms with Gasteiger partial charge in [0.1, 0.15) is 18.1 Å². The van der Waals surface area contributed by atoms with Crippen molar-refractivity contribution >= 4 is 36.9 Å². The Labute approximate surface area is 209 Å². The Bertz CT molecular complexity index is 1090. The Morgan fingerprint density at radius 2 is 1.44 bits per heavy atom. The predicted octanol–water partition coefficient (Wildman–Crippen LogP) is 7.94. The molecule has 1 atom stereocenters. The van der Waals surface area contributed by atoms with Crippen molar-refractivity contribution in [2.24, 2.45) is 5.92 Å². The van der Waals surface area contributed by atoms with Gasteiger partial charge in [0.25, 0.3) is 0 Å². The largest absolute Gasteiger partial charge is 0.453 e. The smallest absolute Gasteiger partial charge is 0.445 e. The van der Waals surface area contributed by atoms with E-state index in [1.54, 1.807) is 36.4 Å². The molecule has 0 aliphatic carbocycles. The molecule has 0 bridgehead atoms. The van der Waals surface area contributed by atoms with Crippen LogP contribution >= 0.6 is 30.8 Å². The van der Waals surface area contributed by atoms with E-state index in [4.69, 9.17) is 37.0 Å². The van der Waals surface area contributed by atoms with Crippen LogP contribution < -0.4 is 14.4 Å². The fourth-order valence-electron chi connectivity index (χ4n) is 3.10. The maximum atomic E-state index is 14.2. The van der Waals surface area contributed by atoms with Crippen LogP contribution in [0.15, 0.2) is 78.9 Å². The lowest BCUT2D eigenvalue weighted by Crippen LogP contribution is -2.38. The molecular weight excluding hydrogens is 496 g/mol. The lowest BCUT2D eigenvalue weighted by Gasteiger charge is -2.29. The molecule has 0 aliphatic rings. The second kappa shape index (κ2) is 12.2. The summed E-state index contributed by atoms with van der Waals surface area (Å²) in [7, 11) is -4.05. The van der Waals surface area contributed by atoms with Crippen molar-refractivity contribution < 1.29 is 23.1 Å². The molecule has 0 heterocycles. The maximum Gasteiger partial charge on any atom is 0.453 e. The summed E-state index contributed by atoms with van der Waals surface area (Å²) in [5.41, 5.74) is 0.826. The number of halogens is 2. The molecule has 3 rings (SSSR count). The van der Waals surface area contributed by atoms with Crippen LogP contribution in [0, 0.1) is 5.92 Å². The van der Waals surface area contributed by atoms with Crippen molar-refractivity contribution in [1.82, 2.24) is 5.32 Å². The Kier molecular flexibility index (Phi) is 9.28. The number of carbonyl (C=O) groups is 1. The number of benzene rings is 3. The van der Waals surface area contributed by atoms with Crippen LogP contribution in [0.3, 0.4) is 0 Å². The Balaban J connectivity index is 1.87. The average molecular weight is 522 g/mol. The maximum absolute atomic E-state index is 14.2. The first-order chi connectivity index (χ1) is 16.2. The number of rotatable bonds is 10. The number of nitrogens with one attached hydrogen (secondary N) is 1. The van der Waals surface area contributed by atoms with Gasteiger partial charge >= 0.3 is 13.7 Å². The topological polar surface area (TPSA) is 73.9 Å². The zero-order chi connectivity index (χ0) is 24.6. The zero-order valence-electron chi connectivity index (χ0n) is 18.8. The van der Waals surface area contributed by atoms with Gasteiger partial charge in [-0.05, 0) is 54.3 Å². The molecule has 0 unspecified atom stereocenters. The van der Waals surface area contributed by atoms with Crippen LogP contribution in [-0.2, 0) is 15.9 Å². The van der Waals surface area contributed by atoms with Crippen LogP contribution in [0.25, 0.3) is 0 Å². The summed E-state index contributed by atoms with van der Waals surface area (Å²) in [6, 6.07) is 22.2. The van der Waals surface area contributed by atoms with Crippen LogP contribution in [0.4, 0.5) is 4.79 Å². The molecule has 34 heavy (non-hydrogen) atoms. The number of alkyl carbamates (subject to hydrolysis) is 1. The van der Waals surface area contributed by atoms with Gasteiger partial charge in [0.05, 0.1) is 0 Å². The average Bonchev–Trinajstić information content (AvgIpc) is 2.77. The van der Waals surface area contributed by atoms with E-state index >= 15 is 0 Å². The molecule has 0 spiro atoms. The number of hydrogen-bond acceptors (Lipinski definition) is 5. The van der Waals surface area contributed by atoms with Crippen molar-refractivity contribution in [1.29, 1.82) is 0 Å². The molecule has 0 radical (unpaired) electrons. The van der Waals surface area contributed by atoms with Crippen LogP contribution in [0.5, 0.6) is 11.5 Å². The Morgan fingerprint density at radius 1 is 0.882 bits per heavy atom. The molecule has 0 fully saturated rings. The third-order valence-electron chi connectivity index (χ3n) is 4.63. The first-order valence-electron chi connectivity index (χ1n) is 10.7. The van der Waals surface area contributed by atoms with Crippen molar-refractivity contribution in [3.05, 3.63) is 94.5 Å². The minimum atomic E-state index is -4.05. The minimum Gasteiger partial charge on any atom is -0.445 e. The van der Waals surface area contributed by atoms with Crippen molar-refractivity contribution in [2.75, 3.05) is 0 Å². The molecule has 1 amide bonds. The molecule has 0 saturated carbocycles. The molecule has 180 valence electrons. The Hall–Kier alpha value is -2.66. The minimum absolute atomic E-state index is 0.0543. The van der Waals surface area contributed by atoms with Gasteiger partial charge < -0.3 is 19.1 Å². The quantitative estimate of drug-likeness (QED) is 0.274. The molecule has 1 N–H and O–H groups in total. The first-order valence-corrected chi connectivity index (χ1v) is 13.1. The molecule has 0 saturated heterocycles. The summed E-state index contributed by atoms with van der Waals surface area (Å²) < 4.78 is 31.3. The van der Waals surface area contributed by atoms with E-state index in [0.717, 1.165) is 5.56 Å². The lowest BCUT2D eigenvalue weighted by atomic mass is 10.1. The lowest BCUT2D eigenvalue weighted by molar-refractivity contribution is 0.136. The summed E-state index contributed by atoms with van der Waals surface area (Å²) in [4.78, 5) is 12.7. The van der Waals surface area contributed by atoms with Gasteiger partial charge in [-0.2, -0.15) is 0 Å². The molecule has 9 heteroatoms. The molecule has 0 aromatic heterocycles. The van der Waals surface area contributed by atoms with Gasteiger partial charge in [0.2, 0.25) is 0 Å². The summed E-state index contributed by atoms with van der Waals surface area (Å²) in [6.07, 6.45) is -0.433. The first kappa shape index (κ1) is 26.0. The van der Waals surface area contributed by atoms with Gasteiger partial charge in [-0.25, -0.2) is 9.36 Å². The van der Waals surface area contributed by atoms with Crippen molar-refractivity contribution in [3.63, 3.8) is 0 Å². The third-order valence-corrected chi connectivity index (χ3v) is 7.14. The van der Waals surface area contributed by atoms with Gasteiger partial charge in [-0.3, -0.25) is 0 Å². The summed E-state index contributed by atoms with van der Waals surface area (Å²) in [6.45, 7) is 3.94. The highest BCUT2D eigenvalue weighted by molar-refractivity contribution is 7.55. The number of hydrogen-bond donors (Lipinski definition) is 1. The molecule has 6 nitrogen and oxygen atoms in total. The van der Waals surface area contributed by atoms with Gasteiger partial charge in [0, 0.05) is 10.0 Å². The second-order valence-electron chi connectivity index (χ2n) is 7.99. The van der Waals surface area contributed by atoms with E-state index in [-0.39, 0.29) is 24.0 Å². The Morgan fingerprint density at radius 3 is 1.94 bits per heavy atom. The SMILES string of the molecule is CC(C)C[C@@H](NC(=O)OCc1ccccc1)P(=O)(Oc1cccc(Cl)c1)Oc1cccc(Cl)c1. The highest BCUT2D eigenvalue weighted by Crippen LogP contribution is 2.54. The molecular formula is C25H26Cl2NO5P. The van der Waals surface area contributed by atoms with Gasteiger partial charge in [0.15, 0.2) is 5.78 Å². The standard InChI is InChI=1S/C25H26Cl2NO5P/c1-18(2)14-24(28-25(29)31-17-19-8-4-3-5-9-19)34(30,32-22-12-6-10-20(26)15-22)33-23-13-7-11-21(27)16-23/h3-13,15-16,18,24H,14,17H2,1-2H3,(H,28,29)/t24-/m0/s1. The fraction of sp³-hybridized carbons (Fsp3) is 0.240. The second-order valence-corrected chi connectivity index (χ2v) is 10.9. The fourth-order valence-corrected chi connectivity index (χ4v) is 5.51. The van der Waals surface area contributed by atoms with Crippen LogP contribution in [-0.4, -0.2) is 11.9 Å². The van der Waals surface area contributed by atoms with Crippen molar-refractivity contribution in [2.45, 2.75) is 32.7 Å². The summed E-state index contributed by atoms with van der Waals surface area (Å²) >= 11 is 12.2. The zero-order valence-corrected chi connectivity index (χ0v) is 21.2. The van der Waals surface area contributed by atoms with E-state index < -0.39 is 19.5 Å². The van der Waals surface area contributed by atoms with Crippen LogP contribution in [0.1, 0.15) is 25.8 Å². The third kappa shape index (κ3) is 7.98. The molecule has 3 aromatic rings. The number of amides is 1. The highest BCUT2D eigenvalue weighted by Gasteiger charge is 2.41. The van der Waals surface area contributed by atoms with E-state index in [2.05, 4.69) is 5.32 Å². The number of ether oxygens (including phenoxy) is 1. The molecule has 0 aliphatic heterocycles. The monoisotopic (exact) mass is 521 g/mol. The van der Waals surface area contributed by atoms with E-state index in [0.29, 0.717) is 16.5 Å².